The normalized spacial score (nSPS) is 19.9. The number of hydrogen-bond donors (Lipinski definition) is 2. The topological polar surface area (TPSA) is 24.1 Å². The Kier molecular flexibility index (Phi) is 4.64. The highest BCUT2D eigenvalue weighted by molar-refractivity contribution is 5.36. The molecule has 0 aliphatic carbocycles. The van der Waals surface area contributed by atoms with Gasteiger partial charge in [0.2, 0.25) is 0 Å². The minimum absolute atomic E-state index is 0.197. The predicted molar refractivity (Wildman–Crippen MR) is 82.8 cm³/mol. The third-order valence-electron chi connectivity index (χ3n) is 4.28. The third kappa shape index (κ3) is 3.80. The van der Waals surface area contributed by atoms with Gasteiger partial charge in [0.05, 0.1) is 0 Å². The van der Waals surface area contributed by atoms with E-state index in [1.807, 2.05) is 0 Å². The first kappa shape index (κ1) is 14.5. The SMILES string of the molecule is Cc1ccc(C)c(C(C)(C)CNCC2CCNC2)c1. The molecule has 1 fully saturated rings. The molecule has 1 unspecified atom stereocenters. The summed E-state index contributed by atoms with van der Waals surface area (Å²) in [5.74, 6) is 0.814. The van der Waals surface area contributed by atoms with Gasteiger partial charge in [-0.2, -0.15) is 0 Å². The molecular weight excluding hydrogens is 232 g/mol. The lowest BCUT2D eigenvalue weighted by molar-refractivity contribution is 0.429. The van der Waals surface area contributed by atoms with E-state index in [2.05, 4.69) is 56.5 Å². The second kappa shape index (κ2) is 6.06. The number of benzene rings is 1. The molecule has 2 nitrogen and oxygen atoms in total. The highest BCUT2D eigenvalue weighted by atomic mass is 14.9. The average molecular weight is 260 g/mol. The van der Waals surface area contributed by atoms with Crippen LogP contribution in [0.15, 0.2) is 18.2 Å². The molecule has 0 saturated carbocycles. The second-order valence-corrected chi connectivity index (χ2v) is 6.69. The van der Waals surface area contributed by atoms with Crippen LogP contribution in [0.1, 0.15) is 37.0 Å². The molecule has 106 valence electrons. The first-order chi connectivity index (χ1) is 8.99. The van der Waals surface area contributed by atoms with E-state index in [0.717, 1.165) is 19.0 Å². The fraction of sp³-hybridized carbons (Fsp3) is 0.647. The van der Waals surface area contributed by atoms with Gasteiger partial charge in [-0.15, -0.1) is 0 Å². The van der Waals surface area contributed by atoms with Gasteiger partial charge in [0.1, 0.15) is 0 Å². The van der Waals surface area contributed by atoms with Crippen molar-refractivity contribution >= 4 is 0 Å². The van der Waals surface area contributed by atoms with Crippen LogP contribution in [-0.4, -0.2) is 26.2 Å². The largest absolute Gasteiger partial charge is 0.316 e. The Morgan fingerprint density at radius 2 is 2.11 bits per heavy atom. The lowest BCUT2D eigenvalue weighted by Gasteiger charge is -2.28. The molecule has 0 bridgehead atoms. The number of hydrogen-bond acceptors (Lipinski definition) is 2. The fourth-order valence-corrected chi connectivity index (χ4v) is 3.04. The monoisotopic (exact) mass is 260 g/mol. The van der Waals surface area contributed by atoms with E-state index in [1.165, 1.54) is 36.2 Å². The molecular formula is C17H28N2. The Labute approximate surface area is 118 Å². The standard InChI is InChI=1S/C17H28N2/c1-13-5-6-14(2)16(9-13)17(3,4)12-19-11-15-7-8-18-10-15/h5-6,9,15,18-19H,7-8,10-12H2,1-4H3. The van der Waals surface area contributed by atoms with Crippen molar-refractivity contribution in [3.8, 4) is 0 Å². The highest BCUT2D eigenvalue weighted by Crippen LogP contribution is 2.26. The Balaban J connectivity index is 1.94. The molecule has 0 amide bonds. The van der Waals surface area contributed by atoms with Crippen LogP contribution >= 0.6 is 0 Å². The summed E-state index contributed by atoms with van der Waals surface area (Å²) >= 11 is 0. The first-order valence-electron chi connectivity index (χ1n) is 7.48. The smallest absolute Gasteiger partial charge is 0.00434 e. The summed E-state index contributed by atoms with van der Waals surface area (Å²) in [5.41, 5.74) is 4.43. The van der Waals surface area contributed by atoms with Crippen molar-refractivity contribution in [2.75, 3.05) is 26.2 Å². The zero-order valence-corrected chi connectivity index (χ0v) is 12.8. The van der Waals surface area contributed by atoms with Crippen LogP contribution in [0.5, 0.6) is 0 Å². The van der Waals surface area contributed by atoms with Gasteiger partial charge in [0.15, 0.2) is 0 Å². The summed E-state index contributed by atoms with van der Waals surface area (Å²) in [4.78, 5) is 0. The van der Waals surface area contributed by atoms with Gasteiger partial charge in [0, 0.05) is 12.0 Å². The molecule has 0 aromatic heterocycles. The molecule has 1 aromatic carbocycles. The van der Waals surface area contributed by atoms with E-state index in [-0.39, 0.29) is 5.41 Å². The van der Waals surface area contributed by atoms with Gasteiger partial charge < -0.3 is 10.6 Å². The molecule has 0 spiro atoms. The Morgan fingerprint density at radius 1 is 1.32 bits per heavy atom. The van der Waals surface area contributed by atoms with Crippen LogP contribution in [-0.2, 0) is 5.41 Å². The van der Waals surface area contributed by atoms with Crippen LogP contribution in [0.3, 0.4) is 0 Å². The van der Waals surface area contributed by atoms with E-state index in [4.69, 9.17) is 0 Å². The van der Waals surface area contributed by atoms with E-state index >= 15 is 0 Å². The molecule has 2 N–H and O–H groups in total. The van der Waals surface area contributed by atoms with E-state index in [9.17, 15) is 0 Å². The van der Waals surface area contributed by atoms with Crippen molar-refractivity contribution in [3.63, 3.8) is 0 Å². The fourth-order valence-electron chi connectivity index (χ4n) is 3.04. The Hall–Kier alpha value is -0.860. The summed E-state index contributed by atoms with van der Waals surface area (Å²) in [6.07, 6.45) is 1.32. The van der Waals surface area contributed by atoms with Crippen molar-refractivity contribution in [2.45, 2.75) is 39.5 Å². The molecule has 2 rings (SSSR count). The van der Waals surface area contributed by atoms with Gasteiger partial charge in [0.25, 0.3) is 0 Å². The second-order valence-electron chi connectivity index (χ2n) is 6.69. The summed E-state index contributed by atoms with van der Waals surface area (Å²) in [6, 6.07) is 6.79. The summed E-state index contributed by atoms with van der Waals surface area (Å²) in [5, 5.41) is 7.10. The molecule has 1 saturated heterocycles. The van der Waals surface area contributed by atoms with Crippen molar-refractivity contribution in [1.82, 2.24) is 10.6 Å². The van der Waals surface area contributed by atoms with E-state index < -0.39 is 0 Å². The van der Waals surface area contributed by atoms with Crippen molar-refractivity contribution in [2.24, 2.45) is 5.92 Å². The zero-order valence-electron chi connectivity index (χ0n) is 12.8. The maximum Gasteiger partial charge on any atom is 0.00434 e. The van der Waals surface area contributed by atoms with E-state index in [0.29, 0.717) is 0 Å². The summed E-state index contributed by atoms with van der Waals surface area (Å²) in [7, 11) is 0. The molecule has 1 aliphatic rings. The zero-order chi connectivity index (χ0) is 13.9. The minimum atomic E-state index is 0.197. The van der Waals surface area contributed by atoms with Gasteiger partial charge in [-0.3, -0.25) is 0 Å². The molecule has 1 atom stereocenters. The van der Waals surface area contributed by atoms with Crippen molar-refractivity contribution in [3.05, 3.63) is 34.9 Å². The average Bonchev–Trinajstić information content (AvgIpc) is 2.85. The lowest BCUT2D eigenvalue weighted by Crippen LogP contribution is -2.36. The van der Waals surface area contributed by atoms with Gasteiger partial charge in [-0.25, -0.2) is 0 Å². The first-order valence-corrected chi connectivity index (χ1v) is 7.48. The quantitative estimate of drug-likeness (QED) is 0.850. The van der Waals surface area contributed by atoms with Gasteiger partial charge in [-0.1, -0.05) is 37.6 Å². The summed E-state index contributed by atoms with van der Waals surface area (Å²) < 4.78 is 0. The van der Waals surface area contributed by atoms with Crippen LogP contribution in [0.2, 0.25) is 0 Å². The Bertz CT molecular complexity index is 417. The van der Waals surface area contributed by atoms with Gasteiger partial charge in [-0.05, 0) is 56.9 Å². The molecule has 0 radical (unpaired) electrons. The maximum absolute atomic E-state index is 3.67. The van der Waals surface area contributed by atoms with Crippen molar-refractivity contribution < 1.29 is 0 Å². The van der Waals surface area contributed by atoms with Gasteiger partial charge >= 0.3 is 0 Å². The highest BCUT2D eigenvalue weighted by Gasteiger charge is 2.23. The molecule has 1 aromatic rings. The van der Waals surface area contributed by atoms with Crippen molar-refractivity contribution in [1.29, 1.82) is 0 Å². The van der Waals surface area contributed by atoms with E-state index in [1.54, 1.807) is 0 Å². The minimum Gasteiger partial charge on any atom is -0.316 e. The predicted octanol–water partition coefficient (Wildman–Crippen LogP) is 2.78. The molecule has 19 heavy (non-hydrogen) atoms. The van der Waals surface area contributed by atoms with Crippen LogP contribution < -0.4 is 10.6 Å². The van der Waals surface area contributed by atoms with Crippen LogP contribution in [0, 0.1) is 19.8 Å². The number of aryl methyl sites for hydroxylation is 2. The number of rotatable bonds is 5. The molecule has 1 heterocycles. The third-order valence-corrected chi connectivity index (χ3v) is 4.28. The van der Waals surface area contributed by atoms with Crippen LogP contribution in [0.4, 0.5) is 0 Å². The maximum atomic E-state index is 3.67. The lowest BCUT2D eigenvalue weighted by atomic mass is 9.81. The molecule has 1 aliphatic heterocycles. The summed E-state index contributed by atoms with van der Waals surface area (Å²) in [6.45, 7) is 13.6. The Morgan fingerprint density at radius 3 is 2.79 bits per heavy atom. The van der Waals surface area contributed by atoms with Crippen LogP contribution in [0.25, 0.3) is 0 Å². The molecule has 2 heteroatoms. The number of nitrogens with one attached hydrogen (secondary N) is 2.